The molecule has 3 N–H and O–H groups in total. The SMILES string of the molecule is CCC(C)c1cccc(-c2cc(C(C)(C)C)cc(-c3cc(C(C)C)ccc3O)c2O)c1O. The number of phenolic OH excluding ortho intramolecular Hbond substituents is 3. The van der Waals surface area contributed by atoms with Crippen LogP contribution in [0.4, 0.5) is 0 Å². The van der Waals surface area contributed by atoms with Crippen LogP contribution in [-0.2, 0) is 5.41 Å². The lowest BCUT2D eigenvalue weighted by atomic mass is 9.81. The van der Waals surface area contributed by atoms with E-state index in [-0.39, 0.29) is 34.5 Å². The molecule has 3 heteroatoms. The van der Waals surface area contributed by atoms with Gasteiger partial charge in [0.25, 0.3) is 0 Å². The first-order valence-electron chi connectivity index (χ1n) is 11.5. The molecule has 0 heterocycles. The molecule has 3 aromatic rings. The highest BCUT2D eigenvalue weighted by molar-refractivity contribution is 5.87. The lowest BCUT2D eigenvalue weighted by Crippen LogP contribution is -2.11. The number of aromatic hydroxyl groups is 3. The van der Waals surface area contributed by atoms with Gasteiger partial charge in [0, 0.05) is 22.3 Å². The van der Waals surface area contributed by atoms with Crippen molar-refractivity contribution in [1.29, 1.82) is 0 Å². The van der Waals surface area contributed by atoms with Crippen molar-refractivity contribution in [3.63, 3.8) is 0 Å². The molecule has 0 saturated heterocycles. The molecule has 32 heavy (non-hydrogen) atoms. The third-order valence-electron chi connectivity index (χ3n) is 6.45. The monoisotopic (exact) mass is 432 g/mol. The molecule has 0 amide bonds. The van der Waals surface area contributed by atoms with Gasteiger partial charge in [-0.15, -0.1) is 0 Å². The molecule has 170 valence electrons. The van der Waals surface area contributed by atoms with Gasteiger partial charge >= 0.3 is 0 Å². The summed E-state index contributed by atoms with van der Waals surface area (Å²) in [6.45, 7) is 14.7. The van der Waals surface area contributed by atoms with Crippen LogP contribution >= 0.6 is 0 Å². The Morgan fingerprint density at radius 2 is 1.38 bits per heavy atom. The zero-order valence-electron chi connectivity index (χ0n) is 20.3. The average molecular weight is 433 g/mol. The van der Waals surface area contributed by atoms with Crippen LogP contribution in [0.5, 0.6) is 17.2 Å². The van der Waals surface area contributed by atoms with E-state index in [1.54, 1.807) is 6.07 Å². The third kappa shape index (κ3) is 4.48. The second-order valence-corrected chi connectivity index (χ2v) is 10.2. The van der Waals surface area contributed by atoms with E-state index in [4.69, 9.17) is 0 Å². The van der Waals surface area contributed by atoms with E-state index in [0.717, 1.165) is 23.1 Å². The van der Waals surface area contributed by atoms with Crippen molar-refractivity contribution >= 4 is 0 Å². The Hall–Kier alpha value is -2.94. The number of rotatable bonds is 5. The van der Waals surface area contributed by atoms with Crippen LogP contribution < -0.4 is 0 Å². The fourth-order valence-electron chi connectivity index (χ4n) is 4.00. The van der Waals surface area contributed by atoms with Gasteiger partial charge in [-0.05, 0) is 64.6 Å². The molecule has 1 unspecified atom stereocenters. The fourth-order valence-corrected chi connectivity index (χ4v) is 4.00. The van der Waals surface area contributed by atoms with Gasteiger partial charge in [-0.25, -0.2) is 0 Å². The molecule has 3 aromatic carbocycles. The largest absolute Gasteiger partial charge is 0.507 e. The first-order valence-corrected chi connectivity index (χ1v) is 11.5. The van der Waals surface area contributed by atoms with E-state index >= 15 is 0 Å². The van der Waals surface area contributed by atoms with E-state index in [1.807, 2.05) is 42.5 Å². The van der Waals surface area contributed by atoms with Gasteiger partial charge < -0.3 is 15.3 Å². The predicted molar refractivity (Wildman–Crippen MR) is 134 cm³/mol. The Morgan fingerprint density at radius 3 is 1.94 bits per heavy atom. The highest BCUT2D eigenvalue weighted by Crippen LogP contribution is 2.48. The molecule has 0 radical (unpaired) electrons. The molecule has 1 atom stereocenters. The molecular formula is C29H36O3. The topological polar surface area (TPSA) is 60.7 Å². The number of hydrogen-bond donors (Lipinski definition) is 3. The Labute approximate surface area is 192 Å². The zero-order chi connectivity index (χ0) is 23.8. The number of phenols is 3. The summed E-state index contributed by atoms with van der Waals surface area (Å²) in [5, 5.41) is 33.3. The number of para-hydroxylation sites is 1. The van der Waals surface area contributed by atoms with Gasteiger partial charge in [0.1, 0.15) is 17.2 Å². The van der Waals surface area contributed by atoms with E-state index in [0.29, 0.717) is 22.3 Å². The quantitative estimate of drug-likeness (QED) is 0.382. The lowest BCUT2D eigenvalue weighted by molar-refractivity contribution is 0.459. The maximum atomic E-state index is 11.4. The van der Waals surface area contributed by atoms with E-state index in [2.05, 4.69) is 48.5 Å². The second kappa shape index (κ2) is 8.90. The third-order valence-corrected chi connectivity index (χ3v) is 6.45. The molecule has 0 bridgehead atoms. The first-order chi connectivity index (χ1) is 15.0. The van der Waals surface area contributed by atoms with Gasteiger partial charge in [-0.3, -0.25) is 0 Å². The summed E-state index contributed by atoms with van der Waals surface area (Å²) in [4.78, 5) is 0. The van der Waals surface area contributed by atoms with Crippen LogP contribution in [0.15, 0.2) is 48.5 Å². The van der Waals surface area contributed by atoms with E-state index in [1.165, 1.54) is 0 Å². The maximum Gasteiger partial charge on any atom is 0.131 e. The van der Waals surface area contributed by atoms with Gasteiger partial charge in [0.15, 0.2) is 0 Å². The normalized spacial score (nSPS) is 12.9. The van der Waals surface area contributed by atoms with E-state index < -0.39 is 0 Å². The van der Waals surface area contributed by atoms with Crippen molar-refractivity contribution < 1.29 is 15.3 Å². The van der Waals surface area contributed by atoms with Crippen molar-refractivity contribution in [3.8, 4) is 39.5 Å². The molecule has 0 aliphatic carbocycles. The second-order valence-electron chi connectivity index (χ2n) is 10.2. The molecule has 0 spiro atoms. The summed E-state index contributed by atoms with van der Waals surface area (Å²) in [6.07, 6.45) is 0.909. The van der Waals surface area contributed by atoms with Gasteiger partial charge in [-0.1, -0.05) is 72.7 Å². The Morgan fingerprint density at radius 1 is 0.750 bits per heavy atom. The van der Waals surface area contributed by atoms with Crippen molar-refractivity contribution in [2.45, 2.75) is 72.1 Å². The first kappa shape index (κ1) is 23.7. The minimum atomic E-state index is -0.188. The van der Waals surface area contributed by atoms with Crippen LogP contribution in [-0.4, -0.2) is 15.3 Å². The van der Waals surface area contributed by atoms with Gasteiger partial charge in [-0.2, -0.15) is 0 Å². The van der Waals surface area contributed by atoms with Crippen LogP contribution in [0.25, 0.3) is 22.3 Å². The molecule has 3 rings (SSSR count). The number of benzene rings is 3. The Kier molecular flexibility index (Phi) is 6.59. The highest BCUT2D eigenvalue weighted by atomic mass is 16.3. The fraction of sp³-hybridized carbons (Fsp3) is 0.379. The summed E-state index contributed by atoms with van der Waals surface area (Å²) in [6, 6.07) is 15.2. The van der Waals surface area contributed by atoms with Gasteiger partial charge in [0.2, 0.25) is 0 Å². The van der Waals surface area contributed by atoms with Crippen LogP contribution in [0.2, 0.25) is 0 Å². The Balaban J connectivity index is 2.35. The van der Waals surface area contributed by atoms with Crippen molar-refractivity contribution in [3.05, 3.63) is 65.2 Å². The molecular weight excluding hydrogens is 396 g/mol. The minimum absolute atomic E-state index is 0.0609. The maximum absolute atomic E-state index is 11.4. The predicted octanol–water partition coefficient (Wildman–Crippen LogP) is 8.07. The Bertz CT molecular complexity index is 1120. The highest BCUT2D eigenvalue weighted by Gasteiger charge is 2.24. The molecule has 0 fully saturated rings. The van der Waals surface area contributed by atoms with Crippen molar-refractivity contribution in [2.75, 3.05) is 0 Å². The lowest BCUT2D eigenvalue weighted by Gasteiger charge is -2.24. The smallest absolute Gasteiger partial charge is 0.131 e. The standard InChI is InChI=1S/C29H36O3/c1-8-18(4)21-10-9-11-22(27(21)31)24-15-20(29(5,6)7)16-25(28(24)32)23-14-19(17(2)3)12-13-26(23)30/h9-18,30-32H,8H2,1-7H3. The molecule has 3 nitrogen and oxygen atoms in total. The summed E-state index contributed by atoms with van der Waals surface area (Å²) in [5.74, 6) is 0.881. The molecule has 0 aliphatic heterocycles. The van der Waals surface area contributed by atoms with Crippen molar-refractivity contribution in [1.82, 2.24) is 0 Å². The minimum Gasteiger partial charge on any atom is -0.507 e. The van der Waals surface area contributed by atoms with Crippen LogP contribution in [0, 0.1) is 0 Å². The van der Waals surface area contributed by atoms with Crippen molar-refractivity contribution in [2.24, 2.45) is 0 Å². The van der Waals surface area contributed by atoms with Crippen LogP contribution in [0.1, 0.15) is 83.4 Å². The summed E-state index contributed by atoms with van der Waals surface area (Å²) in [5.41, 5.74) is 5.13. The molecule has 0 aromatic heterocycles. The number of hydrogen-bond acceptors (Lipinski definition) is 3. The summed E-state index contributed by atoms with van der Waals surface area (Å²) < 4.78 is 0. The van der Waals surface area contributed by atoms with Crippen LogP contribution in [0.3, 0.4) is 0 Å². The average Bonchev–Trinajstić information content (AvgIpc) is 2.73. The molecule has 0 aliphatic rings. The summed E-state index contributed by atoms with van der Waals surface area (Å²) >= 11 is 0. The van der Waals surface area contributed by atoms with Gasteiger partial charge in [0.05, 0.1) is 0 Å². The van der Waals surface area contributed by atoms with E-state index in [9.17, 15) is 15.3 Å². The zero-order valence-corrected chi connectivity index (χ0v) is 20.3. The summed E-state index contributed by atoms with van der Waals surface area (Å²) in [7, 11) is 0. The molecule has 0 saturated carbocycles.